The summed E-state index contributed by atoms with van der Waals surface area (Å²) in [6.45, 7) is 6.07. The molecule has 1 saturated heterocycles. The Morgan fingerprint density at radius 2 is 2.05 bits per heavy atom. The molecule has 0 saturated carbocycles. The van der Waals surface area contributed by atoms with E-state index in [0.29, 0.717) is 15.8 Å². The van der Waals surface area contributed by atoms with Gasteiger partial charge in [0.05, 0.1) is 4.92 Å². The molecule has 0 amide bonds. The highest BCUT2D eigenvalue weighted by Crippen LogP contribution is 2.34. The van der Waals surface area contributed by atoms with E-state index in [4.69, 9.17) is 0 Å². The Bertz CT molecular complexity index is 474. The van der Waals surface area contributed by atoms with Gasteiger partial charge in [-0.2, -0.15) is 11.8 Å². The van der Waals surface area contributed by atoms with Gasteiger partial charge in [-0.1, -0.05) is 35.8 Å². The van der Waals surface area contributed by atoms with Crippen LogP contribution in [-0.2, 0) is 5.33 Å². The lowest BCUT2D eigenvalue weighted by Crippen LogP contribution is -2.40. The van der Waals surface area contributed by atoms with Gasteiger partial charge in [0.2, 0.25) is 0 Å². The summed E-state index contributed by atoms with van der Waals surface area (Å²) in [6, 6.07) is 5.50. The Balaban J connectivity index is 2.35. The largest absolute Gasteiger partial charge is 0.364 e. The molecule has 1 heterocycles. The lowest BCUT2D eigenvalue weighted by atomic mass is 10.1. The van der Waals surface area contributed by atoms with Crippen LogP contribution in [0.1, 0.15) is 19.4 Å². The van der Waals surface area contributed by atoms with Crippen LogP contribution in [0.4, 0.5) is 11.4 Å². The van der Waals surface area contributed by atoms with E-state index in [2.05, 4.69) is 34.7 Å². The first-order chi connectivity index (χ1) is 9.01. The van der Waals surface area contributed by atoms with Gasteiger partial charge in [0.25, 0.3) is 5.69 Å². The maximum absolute atomic E-state index is 11.3. The molecule has 0 spiro atoms. The van der Waals surface area contributed by atoms with E-state index in [1.807, 2.05) is 23.9 Å². The molecule has 0 radical (unpaired) electrons. The molecule has 4 nitrogen and oxygen atoms in total. The molecule has 0 bridgehead atoms. The molecule has 0 N–H and O–H groups in total. The summed E-state index contributed by atoms with van der Waals surface area (Å²) < 4.78 is 0. The number of anilines is 1. The van der Waals surface area contributed by atoms with E-state index in [-0.39, 0.29) is 10.6 Å². The molecule has 1 aromatic carbocycles. The zero-order valence-electron chi connectivity index (χ0n) is 11.0. The Hall–Kier alpha value is -0.750. The molecule has 2 atom stereocenters. The van der Waals surface area contributed by atoms with Gasteiger partial charge in [0.1, 0.15) is 5.69 Å². The number of thioether (sulfide) groups is 1. The van der Waals surface area contributed by atoms with Crippen LogP contribution in [0.5, 0.6) is 0 Å². The summed E-state index contributed by atoms with van der Waals surface area (Å²) >= 11 is 5.28. The predicted octanol–water partition coefficient (Wildman–Crippen LogP) is 3.82. The van der Waals surface area contributed by atoms with Crippen molar-refractivity contribution in [2.75, 3.05) is 18.0 Å². The fraction of sp³-hybridized carbons (Fsp3) is 0.538. The van der Waals surface area contributed by atoms with Crippen LogP contribution in [-0.4, -0.2) is 28.5 Å². The molecule has 19 heavy (non-hydrogen) atoms. The minimum Gasteiger partial charge on any atom is -0.364 e. The first-order valence-corrected chi connectivity index (χ1v) is 8.31. The maximum Gasteiger partial charge on any atom is 0.292 e. The highest BCUT2D eigenvalue weighted by Gasteiger charge is 2.27. The number of hydrogen-bond acceptors (Lipinski definition) is 4. The molecular weight excluding hydrogens is 328 g/mol. The summed E-state index contributed by atoms with van der Waals surface area (Å²) in [4.78, 5) is 13.1. The zero-order valence-corrected chi connectivity index (χ0v) is 13.4. The Morgan fingerprint density at radius 3 is 2.58 bits per heavy atom. The topological polar surface area (TPSA) is 46.4 Å². The SMILES string of the molecule is CC1CN(c2ccc(CBr)cc2[N+](=O)[O-])CC(C)S1. The van der Waals surface area contributed by atoms with Crippen molar-refractivity contribution in [1.29, 1.82) is 0 Å². The number of nitrogens with zero attached hydrogens (tertiary/aromatic N) is 2. The van der Waals surface area contributed by atoms with E-state index < -0.39 is 0 Å². The van der Waals surface area contributed by atoms with Crippen molar-refractivity contribution in [3.8, 4) is 0 Å². The fourth-order valence-electron chi connectivity index (χ4n) is 2.44. The van der Waals surface area contributed by atoms with Crippen molar-refractivity contribution < 1.29 is 4.92 Å². The average Bonchev–Trinajstić information content (AvgIpc) is 2.36. The smallest absolute Gasteiger partial charge is 0.292 e. The molecule has 104 valence electrons. The van der Waals surface area contributed by atoms with E-state index in [1.54, 1.807) is 6.07 Å². The third-order valence-corrected chi connectivity index (χ3v) is 5.03. The minimum atomic E-state index is -0.279. The van der Waals surface area contributed by atoms with E-state index in [0.717, 1.165) is 24.3 Å². The Morgan fingerprint density at radius 1 is 1.42 bits per heavy atom. The van der Waals surface area contributed by atoms with Crippen LogP contribution in [0.25, 0.3) is 0 Å². The zero-order chi connectivity index (χ0) is 14.0. The third-order valence-electron chi connectivity index (χ3n) is 3.15. The van der Waals surface area contributed by atoms with Gasteiger partial charge in [0.15, 0.2) is 0 Å². The summed E-state index contributed by atoms with van der Waals surface area (Å²) in [5, 5.41) is 12.9. The molecule has 0 aromatic heterocycles. The number of halogens is 1. The van der Waals surface area contributed by atoms with E-state index >= 15 is 0 Å². The van der Waals surface area contributed by atoms with Crippen molar-refractivity contribution in [3.63, 3.8) is 0 Å². The van der Waals surface area contributed by atoms with Crippen molar-refractivity contribution in [2.24, 2.45) is 0 Å². The second kappa shape index (κ2) is 6.13. The van der Waals surface area contributed by atoms with Crippen LogP contribution in [0, 0.1) is 10.1 Å². The van der Waals surface area contributed by atoms with Gasteiger partial charge in [-0.25, -0.2) is 0 Å². The monoisotopic (exact) mass is 344 g/mol. The number of alkyl halides is 1. The Kier molecular flexibility index (Phi) is 4.73. The third kappa shape index (κ3) is 3.42. The molecule has 1 aromatic rings. The molecule has 1 aliphatic heterocycles. The molecule has 6 heteroatoms. The number of hydrogen-bond donors (Lipinski definition) is 0. The fourth-order valence-corrected chi connectivity index (χ4v) is 4.11. The minimum absolute atomic E-state index is 0.211. The normalized spacial score (nSPS) is 23.4. The molecule has 1 fully saturated rings. The number of nitro groups is 1. The van der Waals surface area contributed by atoms with Crippen LogP contribution in [0.15, 0.2) is 18.2 Å². The molecular formula is C13H17BrN2O2S. The second-order valence-corrected chi connectivity index (χ2v) is 7.32. The molecule has 2 unspecified atom stereocenters. The first-order valence-electron chi connectivity index (χ1n) is 6.25. The van der Waals surface area contributed by atoms with Crippen LogP contribution in [0.3, 0.4) is 0 Å². The van der Waals surface area contributed by atoms with Gasteiger partial charge in [-0.15, -0.1) is 0 Å². The lowest BCUT2D eigenvalue weighted by molar-refractivity contribution is -0.384. The molecule has 1 aliphatic rings. The van der Waals surface area contributed by atoms with Gasteiger partial charge in [-0.05, 0) is 11.6 Å². The number of benzene rings is 1. The van der Waals surface area contributed by atoms with Crippen molar-refractivity contribution in [2.45, 2.75) is 29.7 Å². The summed E-state index contributed by atoms with van der Waals surface area (Å²) in [7, 11) is 0. The highest BCUT2D eigenvalue weighted by atomic mass is 79.9. The summed E-state index contributed by atoms with van der Waals surface area (Å²) in [5.41, 5.74) is 1.89. The standard InChI is InChI=1S/C13H17BrN2O2S/c1-9-7-15(8-10(2)19-9)12-4-3-11(6-14)5-13(12)16(17)18/h3-5,9-10H,6-8H2,1-2H3. The Labute approximate surface area is 125 Å². The second-order valence-electron chi connectivity index (χ2n) is 4.88. The first kappa shape index (κ1) is 14.7. The van der Waals surface area contributed by atoms with Crippen molar-refractivity contribution in [1.82, 2.24) is 0 Å². The van der Waals surface area contributed by atoms with Gasteiger partial charge < -0.3 is 4.90 Å². The van der Waals surface area contributed by atoms with Gasteiger partial charge in [-0.3, -0.25) is 10.1 Å². The summed E-state index contributed by atoms with van der Waals surface area (Å²) in [6.07, 6.45) is 0. The number of nitro benzene ring substituents is 1. The van der Waals surface area contributed by atoms with Crippen LogP contribution in [0.2, 0.25) is 0 Å². The summed E-state index contributed by atoms with van der Waals surface area (Å²) in [5.74, 6) is 0. The van der Waals surface area contributed by atoms with Crippen LogP contribution >= 0.6 is 27.7 Å². The quantitative estimate of drug-likeness (QED) is 0.475. The highest BCUT2D eigenvalue weighted by molar-refractivity contribution is 9.08. The molecule has 0 aliphatic carbocycles. The van der Waals surface area contributed by atoms with Crippen LogP contribution < -0.4 is 4.90 Å². The lowest BCUT2D eigenvalue weighted by Gasteiger charge is -2.35. The van der Waals surface area contributed by atoms with Crippen molar-refractivity contribution >= 4 is 39.1 Å². The maximum atomic E-state index is 11.3. The van der Waals surface area contributed by atoms with E-state index in [1.165, 1.54) is 0 Å². The number of rotatable bonds is 3. The van der Waals surface area contributed by atoms with Gasteiger partial charge >= 0.3 is 0 Å². The average molecular weight is 345 g/mol. The van der Waals surface area contributed by atoms with Crippen molar-refractivity contribution in [3.05, 3.63) is 33.9 Å². The molecule has 2 rings (SSSR count). The predicted molar refractivity (Wildman–Crippen MR) is 84.5 cm³/mol. The van der Waals surface area contributed by atoms with Gasteiger partial charge in [0, 0.05) is 35.0 Å². The van der Waals surface area contributed by atoms with E-state index in [9.17, 15) is 10.1 Å².